The number of benzene rings is 1. The van der Waals surface area contributed by atoms with Gasteiger partial charge in [-0.15, -0.1) is 0 Å². The van der Waals surface area contributed by atoms with Crippen LogP contribution in [0.5, 0.6) is 0 Å². The topological polar surface area (TPSA) is 46.2 Å². The van der Waals surface area contributed by atoms with Gasteiger partial charge in [0, 0.05) is 6.54 Å². The van der Waals surface area contributed by atoms with Crippen LogP contribution in [0.15, 0.2) is 23.1 Å². The highest BCUT2D eigenvalue weighted by molar-refractivity contribution is 7.89. The van der Waals surface area contributed by atoms with Crippen molar-refractivity contribution in [3.63, 3.8) is 0 Å². The first-order chi connectivity index (χ1) is 7.60. The van der Waals surface area contributed by atoms with E-state index in [1.807, 2.05) is 40.7 Å². The maximum absolute atomic E-state index is 12.1. The Kier molecular flexibility index (Phi) is 3.99. The Morgan fingerprint density at radius 3 is 1.94 bits per heavy atom. The lowest BCUT2D eigenvalue weighted by Crippen LogP contribution is -2.32. The second-order valence-corrected chi connectivity index (χ2v) is 7.48. The summed E-state index contributed by atoms with van der Waals surface area (Å²) < 4.78 is 26.8. The lowest BCUT2D eigenvalue weighted by molar-refractivity contribution is 0.407. The lowest BCUT2D eigenvalue weighted by Gasteiger charge is -2.19. The largest absolute Gasteiger partial charge is 0.240 e. The van der Waals surface area contributed by atoms with Crippen molar-refractivity contribution in [3.8, 4) is 0 Å². The van der Waals surface area contributed by atoms with Crippen LogP contribution in [0.4, 0.5) is 0 Å². The Balaban J connectivity index is 2.98. The van der Waals surface area contributed by atoms with Crippen LogP contribution in [0.25, 0.3) is 0 Å². The molecule has 0 aliphatic carbocycles. The summed E-state index contributed by atoms with van der Waals surface area (Å²) in [5.74, 6) is 0. The van der Waals surface area contributed by atoms with Crippen LogP contribution < -0.4 is 4.72 Å². The van der Waals surface area contributed by atoms with Gasteiger partial charge in [0.05, 0.1) is 4.90 Å². The predicted octanol–water partition coefficient (Wildman–Crippen LogP) is 2.63. The molecule has 0 aromatic heterocycles. The van der Waals surface area contributed by atoms with E-state index in [0.29, 0.717) is 11.4 Å². The van der Waals surface area contributed by atoms with E-state index in [1.54, 1.807) is 12.1 Å². The summed E-state index contributed by atoms with van der Waals surface area (Å²) in [5.41, 5.74) is 1.86. The molecule has 1 rings (SSSR count). The molecule has 0 fully saturated rings. The number of aryl methyl sites for hydroxylation is 2. The standard InChI is InChI=1S/C13H21NO2S/c1-10-6-11(2)8-12(7-10)17(15,16)14-9-13(3,4)5/h6-8,14H,9H2,1-5H3. The van der Waals surface area contributed by atoms with Crippen molar-refractivity contribution in [2.45, 2.75) is 39.5 Å². The van der Waals surface area contributed by atoms with Crippen molar-refractivity contribution in [1.29, 1.82) is 0 Å². The van der Waals surface area contributed by atoms with Crippen molar-refractivity contribution in [2.75, 3.05) is 6.54 Å². The van der Waals surface area contributed by atoms with Crippen molar-refractivity contribution in [3.05, 3.63) is 29.3 Å². The van der Waals surface area contributed by atoms with Gasteiger partial charge in [-0.25, -0.2) is 13.1 Å². The Bertz CT molecular complexity index is 478. The minimum absolute atomic E-state index is 0.0636. The van der Waals surface area contributed by atoms with Gasteiger partial charge < -0.3 is 0 Å². The van der Waals surface area contributed by atoms with Crippen molar-refractivity contribution >= 4 is 10.0 Å². The highest BCUT2D eigenvalue weighted by atomic mass is 32.2. The fourth-order valence-electron chi connectivity index (χ4n) is 1.48. The van der Waals surface area contributed by atoms with Gasteiger partial charge in [0.15, 0.2) is 0 Å². The lowest BCUT2D eigenvalue weighted by atomic mass is 9.98. The van der Waals surface area contributed by atoms with Crippen LogP contribution in [0.1, 0.15) is 31.9 Å². The van der Waals surface area contributed by atoms with Crippen molar-refractivity contribution < 1.29 is 8.42 Å². The molecular formula is C13H21NO2S. The molecule has 0 atom stereocenters. The summed E-state index contributed by atoms with van der Waals surface area (Å²) in [4.78, 5) is 0.347. The Morgan fingerprint density at radius 1 is 1.06 bits per heavy atom. The zero-order chi connectivity index (χ0) is 13.3. The quantitative estimate of drug-likeness (QED) is 0.902. The van der Waals surface area contributed by atoms with E-state index in [1.165, 1.54) is 0 Å². The molecule has 1 aromatic rings. The van der Waals surface area contributed by atoms with Crippen molar-refractivity contribution in [2.24, 2.45) is 5.41 Å². The zero-order valence-corrected chi connectivity index (χ0v) is 12.0. The number of rotatable bonds is 3. The second kappa shape index (κ2) is 4.78. The van der Waals surface area contributed by atoms with E-state index < -0.39 is 10.0 Å². The molecule has 0 radical (unpaired) electrons. The molecule has 1 aromatic carbocycles. The molecule has 4 heteroatoms. The van der Waals surface area contributed by atoms with Crippen molar-refractivity contribution in [1.82, 2.24) is 4.72 Å². The molecule has 3 nitrogen and oxygen atoms in total. The summed E-state index contributed by atoms with van der Waals surface area (Å²) in [6, 6.07) is 5.35. The zero-order valence-electron chi connectivity index (χ0n) is 11.2. The highest BCUT2D eigenvalue weighted by Crippen LogP contribution is 2.16. The minimum atomic E-state index is -3.39. The first-order valence-electron chi connectivity index (χ1n) is 5.68. The molecule has 17 heavy (non-hydrogen) atoms. The van der Waals surface area contributed by atoms with Crippen LogP contribution >= 0.6 is 0 Å². The van der Waals surface area contributed by atoms with Gasteiger partial charge in [0.2, 0.25) is 10.0 Å². The van der Waals surface area contributed by atoms with Gasteiger partial charge in [0.25, 0.3) is 0 Å². The second-order valence-electron chi connectivity index (χ2n) is 5.71. The molecule has 0 heterocycles. The summed E-state index contributed by atoms with van der Waals surface area (Å²) in [6.45, 7) is 10.2. The summed E-state index contributed by atoms with van der Waals surface area (Å²) in [5, 5.41) is 0. The van der Waals surface area contributed by atoms with Crippen LogP contribution in [-0.2, 0) is 10.0 Å². The normalized spacial score (nSPS) is 12.8. The monoisotopic (exact) mass is 255 g/mol. The summed E-state index contributed by atoms with van der Waals surface area (Å²) in [6.07, 6.45) is 0. The van der Waals surface area contributed by atoms with E-state index in [2.05, 4.69) is 4.72 Å². The molecule has 0 spiro atoms. The SMILES string of the molecule is Cc1cc(C)cc(S(=O)(=O)NCC(C)(C)C)c1. The Hall–Kier alpha value is -0.870. The third-order valence-corrected chi connectivity index (χ3v) is 3.68. The number of hydrogen-bond acceptors (Lipinski definition) is 2. The van der Waals surface area contributed by atoms with Crippen LogP contribution in [-0.4, -0.2) is 15.0 Å². The predicted molar refractivity (Wildman–Crippen MR) is 70.6 cm³/mol. The van der Waals surface area contributed by atoms with Gasteiger partial charge in [-0.05, 0) is 42.5 Å². The molecule has 0 bridgehead atoms. The van der Waals surface area contributed by atoms with Crippen LogP contribution in [0.3, 0.4) is 0 Å². The van der Waals surface area contributed by atoms with Gasteiger partial charge in [0.1, 0.15) is 0 Å². The third kappa shape index (κ3) is 4.48. The molecule has 0 unspecified atom stereocenters. The first kappa shape index (κ1) is 14.2. The Labute approximate surface area is 104 Å². The number of nitrogens with one attached hydrogen (secondary N) is 1. The average molecular weight is 255 g/mol. The van der Waals surface area contributed by atoms with E-state index >= 15 is 0 Å². The molecule has 1 N–H and O–H groups in total. The maximum Gasteiger partial charge on any atom is 0.240 e. The van der Waals surface area contributed by atoms with Gasteiger partial charge in [-0.1, -0.05) is 26.8 Å². The van der Waals surface area contributed by atoms with Gasteiger partial charge >= 0.3 is 0 Å². The molecule has 0 aliphatic rings. The van der Waals surface area contributed by atoms with E-state index in [0.717, 1.165) is 11.1 Å². The molecule has 96 valence electrons. The highest BCUT2D eigenvalue weighted by Gasteiger charge is 2.18. The number of hydrogen-bond donors (Lipinski definition) is 1. The Morgan fingerprint density at radius 2 is 1.53 bits per heavy atom. The fraction of sp³-hybridized carbons (Fsp3) is 0.538. The minimum Gasteiger partial charge on any atom is -0.211 e. The van der Waals surface area contributed by atoms with Crippen LogP contribution in [0.2, 0.25) is 0 Å². The van der Waals surface area contributed by atoms with Gasteiger partial charge in [-0.2, -0.15) is 0 Å². The first-order valence-corrected chi connectivity index (χ1v) is 7.16. The summed E-state index contributed by atoms with van der Waals surface area (Å²) in [7, 11) is -3.39. The van der Waals surface area contributed by atoms with Crippen LogP contribution in [0, 0.1) is 19.3 Å². The third-order valence-electron chi connectivity index (χ3n) is 2.30. The van der Waals surface area contributed by atoms with E-state index in [-0.39, 0.29) is 5.41 Å². The molecular weight excluding hydrogens is 234 g/mol. The molecule has 0 saturated heterocycles. The maximum atomic E-state index is 12.1. The number of sulfonamides is 1. The van der Waals surface area contributed by atoms with Gasteiger partial charge in [-0.3, -0.25) is 0 Å². The average Bonchev–Trinajstić information content (AvgIpc) is 2.12. The molecule has 0 saturated carbocycles. The fourth-order valence-corrected chi connectivity index (χ4v) is 2.95. The molecule has 0 aliphatic heterocycles. The van der Waals surface area contributed by atoms with E-state index in [4.69, 9.17) is 0 Å². The summed E-state index contributed by atoms with van der Waals surface area (Å²) >= 11 is 0. The molecule has 0 amide bonds. The van der Waals surface area contributed by atoms with E-state index in [9.17, 15) is 8.42 Å². The smallest absolute Gasteiger partial charge is 0.211 e.